The van der Waals surface area contributed by atoms with Gasteiger partial charge in [0.05, 0.1) is 16.9 Å². The Morgan fingerprint density at radius 1 is 1.00 bits per heavy atom. The van der Waals surface area contributed by atoms with Gasteiger partial charge < -0.3 is 5.73 Å². The molecule has 0 bridgehead atoms. The summed E-state index contributed by atoms with van der Waals surface area (Å²) in [5, 5.41) is 16.1. The van der Waals surface area contributed by atoms with Gasteiger partial charge in [-0.1, -0.05) is 6.07 Å². The zero-order chi connectivity index (χ0) is 19.6. The van der Waals surface area contributed by atoms with Gasteiger partial charge in [0.1, 0.15) is 5.82 Å². The van der Waals surface area contributed by atoms with Gasteiger partial charge in [0.25, 0.3) is 6.43 Å². The number of benzene rings is 2. The molecule has 1 aromatic heterocycles. The summed E-state index contributed by atoms with van der Waals surface area (Å²) in [7, 11) is 0. The fraction of sp³-hybridized carbons (Fsp3) is 0.0526. The third kappa shape index (κ3) is 3.84. The molecule has 0 fully saturated rings. The lowest BCUT2D eigenvalue weighted by molar-refractivity contribution is 0.153. The van der Waals surface area contributed by atoms with Crippen LogP contribution in [0.15, 0.2) is 59.7 Å². The Kier molecular flexibility index (Phi) is 4.98. The van der Waals surface area contributed by atoms with Crippen molar-refractivity contribution in [1.82, 2.24) is 4.98 Å². The monoisotopic (exact) mass is 369 g/mol. The number of nitrogens with zero attached hydrogens (tertiary/aromatic N) is 2. The van der Waals surface area contributed by atoms with Crippen LogP contribution in [0.25, 0.3) is 10.9 Å². The normalized spacial score (nSPS) is 11.8. The number of guanidine groups is 1. The predicted octanol–water partition coefficient (Wildman–Crippen LogP) is 4.06. The average molecular weight is 369 g/mol. The third-order valence-corrected chi connectivity index (χ3v) is 3.89. The summed E-state index contributed by atoms with van der Waals surface area (Å²) in [4.78, 5) is 7.91. The summed E-state index contributed by atoms with van der Waals surface area (Å²) < 4.78 is 39.7. The molecule has 3 aromatic rings. The highest BCUT2D eigenvalue weighted by atomic mass is 19.3. The lowest BCUT2D eigenvalue weighted by Gasteiger charge is -2.11. The van der Waals surface area contributed by atoms with Crippen LogP contribution in [0.2, 0.25) is 0 Å². The van der Waals surface area contributed by atoms with Gasteiger partial charge in [-0.3, -0.25) is 15.8 Å². The second-order valence-electron chi connectivity index (χ2n) is 5.66. The summed E-state index contributed by atoms with van der Waals surface area (Å²) >= 11 is 0. The van der Waals surface area contributed by atoms with Crippen LogP contribution in [0.5, 0.6) is 0 Å². The van der Waals surface area contributed by atoms with E-state index in [0.717, 1.165) is 0 Å². The van der Waals surface area contributed by atoms with E-state index in [2.05, 4.69) is 9.98 Å². The highest BCUT2D eigenvalue weighted by Crippen LogP contribution is 2.27. The number of hydrogen-bond acceptors (Lipinski definition) is 3. The van der Waals surface area contributed by atoms with Crippen molar-refractivity contribution < 1.29 is 13.2 Å². The number of alkyl halides is 2. The lowest BCUT2D eigenvalue weighted by Crippen LogP contribution is -2.20. The molecule has 0 saturated carbocycles. The molecule has 0 aliphatic rings. The van der Waals surface area contributed by atoms with Crippen molar-refractivity contribution in [3.63, 3.8) is 0 Å². The molecule has 27 heavy (non-hydrogen) atoms. The predicted molar refractivity (Wildman–Crippen MR) is 98.4 cm³/mol. The van der Waals surface area contributed by atoms with Crippen molar-refractivity contribution in [2.45, 2.75) is 6.43 Å². The molecule has 0 spiro atoms. The molecule has 136 valence electrons. The molecule has 4 N–H and O–H groups in total. The fourth-order valence-corrected chi connectivity index (χ4v) is 2.64. The first-order chi connectivity index (χ1) is 12.9. The summed E-state index contributed by atoms with van der Waals surface area (Å²) in [6, 6.07) is 10.9. The Morgan fingerprint density at radius 2 is 1.67 bits per heavy atom. The van der Waals surface area contributed by atoms with Gasteiger partial charge in [0.2, 0.25) is 5.96 Å². The standard InChI is InChI=1S/C19H14F3N5/c20-12-4-1-10(2-5-12)17(27-19(24)25)16(23)11-3-6-15-14(9-11)13(18(21)22)7-8-26-15/h1-9,18,23H,(H3,24,25)/b23-16?,27-17-. The van der Waals surface area contributed by atoms with Crippen LogP contribution in [-0.2, 0) is 0 Å². The molecule has 0 aliphatic heterocycles. The van der Waals surface area contributed by atoms with Crippen LogP contribution in [0.3, 0.4) is 0 Å². The average Bonchev–Trinajstić information content (AvgIpc) is 2.65. The van der Waals surface area contributed by atoms with Crippen LogP contribution < -0.4 is 5.73 Å². The minimum atomic E-state index is -2.69. The van der Waals surface area contributed by atoms with E-state index in [-0.39, 0.29) is 22.4 Å². The second kappa shape index (κ2) is 7.36. The SMILES string of the molecule is N=C(N)/N=C(\C(=N)c1ccc2nccc(C(F)F)c2c1)c1ccc(F)cc1. The number of nitrogens with one attached hydrogen (secondary N) is 2. The second-order valence-corrected chi connectivity index (χ2v) is 5.66. The van der Waals surface area contributed by atoms with Gasteiger partial charge in [0.15, 0.2) is 0 Å². The Balaban J connectivity index is 2.12. The van der Waals surface area contributed by atoms with Gasteiger partial charge in [-0.05, 0) is 42.5 Å². The van der Waals surface area contributed by atoms with Crippen molar-refractivity contribution >= 4 is 28.3 Å². The van der Waals surface area contributed by atoms with E-state index in [1.54, 1.807) is 6.07 Å². The molecule has 8 heteroatoms. The summed E-state index contributed by atoms with van der Waals surface area (Å²) in [6.07, 6.45) is -1.39. The van der Waals surface area contributed by atoms with Crippen LogP contribution in [0.4, 0.5) is 13.2 Å². The lowest BCUT2D eigenvalue weighted by atomic mass is 9.97. The van der Waals surface area contributed by atoms with Gasteiger partial charge in [-0.2, -0.15) is 0 Å². The summed E-state index contributed by atoms with van der Waals surface area (Å²) in [5.41, 5.74) is 6.09. The quantitative estimate of drug-likeness (QED) is 0.477. The first kappa shape index (κ1) is 18.2. The first-order valence-corrected chi connectivity index (χ1v) is 7.81. The molecular weight excluding hydrogens is 355 g/mol. The number of halogens is 3. The zero-order valence-corrected chi connectivity index (χ0v) is 13.9. The number of aromatic nitrogens is 1. The van der Waals surface area contributed by atoms with E-state index >= 15 is 0 Å². The molecule has 5 nitrogen and oxygen atoms in total. The topological polar surface area (TPSA) is 99.0 Å². The van der Waals surface area contributed by atoms with Crippen molar-refractivity contribution in [2.75, 3.05) is 0 Å². The molecule has 0 amide bonds. The Bertz CT molecular complexity index is 1060. The van der Waals surface area contributed by atoms with E-state index in [4.69, 9.17) is 16.6 Å². The smallest absolute Gasteiger partial charge is 0.264 e. The summed E-state index contributed by atoms with van der Waals surface area (Å²) in [5.74, 6) is -0.999. The van der Waals surface area contributed by atoms with Crippen LogP contribution in [0.1, 0.15) is 23.1 Å². The van der Waals surface area contributed by atoms with Gasteiger partial charge in [-0.15, -0.1) is 0 Å². The van der Waals surface area contributed by atoms with E-state index in [9.17, 15) is 13.2 Å². The maximum atomic E-state index is 13.3. The Morgan fingerprint density at radius 3 is 2.30 bits per heavy atom. The third-order valence-electron chi connectivity index (χ3n) is 3.89. The van der Waals surface area contributed by atoms with Crippen molar-refractivity contribution in [1.29, 1.82) is 10.8 Å². The van der Waals surface area contributed by atoms with Gasteiger partial charge >= 0.3 is 0 Å². The van der Waals surface area contributed by atoms with Crippen LogP contribution >= 0.6 is 0 Å². The number of hydrogen-bond donors (Lipinski definition) is 3. The number of nitrogens with two attached hydrogens (primary N) is 1. The van der Waals surface area contributed by atoms with E-state index in [1.165, 1.54) is 48.7 Å². The van der Waals surface area contributed by atoms with Crippen molar-refractivity contribution in [3.8, 4) is 0 Å². The zero-order valence-electron chi connectivity index (χ0n) is 13.9. The number of rotatable bonds is 4. The highest BCUT2D eigenvalue weighted by molar-refractivity contribution is 6.53. The molecule has 0 radical (unpaired) electrons. The number of aliphatic imine (C=N–C) groups is 1. The van der Waals surface area contributed by atoms with Crippen molar-refractivity contribution in [2.24, 2.45) is 10.7 Å². The maximum Gasteiger partial charge on any atom is 0.264 e. The van der Waals surface area contributed by atoms with E-state index < -0.39 is 18.2 Å². The minimum Gasteiger partial charge on any atom is -0.368 e. The Hall–Kier alpha value is -3.55. The highest BCUT2D eigenvalue weighted by Gasteiger charge is 2.17. The molecule has 0 aliphatic carbocycles. The van der Waals surface area contributed by atoms with E-state index in [0.29, 0.717) is 16.6 Å². The summed E-state index contributed by atoms with van der Waals surface area (Å²) in [6.45, 7) is 0. The minimum absolute atomic E-state index is 0.0318. The molecule has 0 saturated heterocycles. The molecular formula is C19H14F3N5. The Labute approximate surface area is 152 Å². The van der Waals surface area contributed by atoms with Crippen LogP contribution in [0, 0.1) is 16.6 Å². The number of pyridine rings is 1. The largest absolute Gasteiger partial charge is 0.368 e. The van der Waals surface area contributed by atoms with Crippen LogP contribution in [-0.4, -0.2) is 22.4 Å². The molecule has 0 unspecified atom stereocenters. The maximum absolute atomic E-state index is 13.3. The molecule has 1 heterocycles. The van der Waals surface area contributed by atoms with Gasteiger partial charge in [-0.25, -0.2) is 18.2 Å². The first-order valence-electron chi connectivity index (χ1n) is 7.81. The molecule has 2 aromatic carbocycles. The fourth-order valence-electron chi connectivity index (χ4n) is 2.64. The molecule has 3 rings (SSSR count). The van der Waals surface area contributed by atoms with E-state index in [1.807, 2.05) is 0 Å². The number of fused-ring (bicyclic) bond motifs is 1. The van der Waals surface area contributed by atoms with Gasteiger partial charge in [0, 0.05) is 28.3 Å². The molecule has 0 atom stereocenters. The van der Waals surface area contributed by atoms with Crippen molar-refractivity contribution in [3.05, 3.63) is 77.2 Å².